The van der Waals surface area contributed by atoms with Crippen LogP contribution in [0.25, 0.3) is 0 Å². The lowest BCUT2D eigenvalue weighted by atomic mass is 9.94. The Morgan fingerprint density at radius 2 is 2.00 bits per heavy atom. The monoisotopic (exact) mass is 227 g/mol. The standard InChI is InChI=1S/C11H17NO4/c1-7(13)8-6-12(10(14)15-5)9(16-8)11(2,3)4/h6,9H,1-5H3. The van der Waals surface area contributed by atoms with E-state index in [0.29, 0.717) is 0 Å². The van der Waals surface area contributed by atoms with Gasteiger partial charge in [0.25, 0.3) is 0 Å². The van der Waals surface area contributed by atoms with Gasteiger partial charge in [-0.1, -0.05) is 20.8 Å². The molecule has 0 aromatic rings. The van der Waals surface area contributed by atoms with E-state index >= 15 is 0 Å². The Bertz CT molecular complexity index is 340. The number of rotatable bonds is 1. The van der Waals surface area contributed by atoms with Gasteiger partial charge in [-0.3, -0.25) is 4.79 Å². The van der Waals surface area contributed by atoms with E-state index in [4.69, 9.17) is 4.74 Å². The molecule has 0 aromatic carbocycles. The Balaban J connectivity index is 2.98. The number of allylic oxidation sites excluding steroid dienone is 1. The van der Waals surface area contributed by atoms with Gasteiger partial charge in [-0.15, -0.1) is 0 Å². The number of hydrogen-bond acceptors (Lipinski definition) is 4. The van der Waals surface area contributed by atoms with E-state index in [9.17, 15) is 9.59 Å². The average Bonchev–Trinajstić information content (AvgIpc) is 2.60. The van der Waals surface area contributed by atoms with Crippen LogP contribution in [0.15, 0.2) is 12.0 Å². The van der Waals surface area contributed by atoms with Crippen LogP contribution in [-0.2, 0) is 14.3 Å². The van der Waals surface area contributed by atoms with Gasteiger partial charge in [0, 0.05) is 12.3 Å². The lowest BCUT2D eigenvalue weighted by molar-refractivity contribution is -0.119. The molecule has 1 atom stereocenters. The summed E-state index contributed by atoms with van der Waals surface area (Å²) in [5.41, 5.74) is -0.304. The molecule has 1 heterocycles. The first kappa shape index (κ1) is 12.5. The van der Waals surface area contributed by atoms with Gasteiger partial charge in [0.15, 0.2) is 17.8 Å². The summed E-state index contributed by atoms with van der Waals surface area (Å²) in [5, 5.41) is 0. The van der Waals surface area contributed by atoms with Crippen LogP contribution in [0, 0.1) is 5.41 Å². The molecule has 1 amide bonds. The fraction of sp³-hybridized carbons (Fsp3) is 0.636. The molecule has 0 fully saturated rings. The smallest absolute Gasteiger partial charge is 0.416 e. The predicted molar refractivity (Wildman–Crippen MR) is 57.3 cm³/mol. The van der Waals surface area contributed by atoms with Gasteiger partial charge in [-0.05, 0) is 0 Å². The van der Waals surface area contributed by atoms with Crippen molar-refractivity contribution in [1.29, 1.82) is 0 Å². The van der Waals surface area contributed by atoms with Crippen LogP contribution in [0.5, 0.6) is 0 Å². The quantitative estimate of drug-likeness (QED) is 0.686. The summed E-state index contributed by atoms with van der Waals surface area (Å²) in [6.45, 7) is 7.16. The van der Waals surface area contributed by atoms with E-state index in [2.05, 4.69) is 4.74 Å². The van der Waals surface area contributed by atoms with Crippen molar-refractivity contribution in [3.8, 4) is 0 Å². The average molecular weight is 227 g/mol. The molecular formula is C11H17NO4. The Morgan fingerprint density at radius 1 is 1.44 bits per heavy atom. The highest BCUT2D eigenvalue weighted by atomic mass is 16.6. The SMILES string of the molecule is COC(=O)N1C=C(C(C)=O)OC1C(C)(C)C. The molecule has 1 aliphatic rings. The lowest BCUT2D eigenvalue weighted by Crippen LogP contribution is -2.42. The first-order valence-corrected chi connectivity index (χ1v) is 5.03. The summed E-state index contributed by atoms with van der Waals surface area (Å²) in [5.74, 6) is -0.0222. The number of amides is 1. The zero-order valence-electron chi connectivity index (χ0n) is 10.2. The third-order valence-electron chi connectivity index (χ3n) is 2.22. The minimum Gasteiger partial charge on any atom is -0.464 e. The predicted octanol–water partition coefficient (Wildman–Crippen LogP) is 1.89. The van der Waals surface area contributed by atoms with E-state index in [0.717, 1.165) is 0 Å². The molecule has 0 saturated carbocycles. The Kier molecular flexibility index (Phi) is 3.26. The highest BCUT2D eigenvalue weighted by molar-refractivity contribution is 5.92. The number of Topliss-reactive ketones (excluding diaryl/α,β-unsaturated/α-hetero) is 1. The second-order valence-electron chi connectivity index (χ2n) is 4.76. The topological polar surface area (TPSA) is 55.8 Å². The molecule has 16 heavy (non-hydrogen) atoms. The number of ether oxygens (including phenoxy) is 2. The van der Waals surface area contributed by atoms with E-state index in [1.54, 1.807) is 0 Å². The zero-order chi connectivity index (χ0) is 12.5. The lowest BCUT2D eigenvalue weighted by Gasteiger charge is -2.32. The van der Waals surface area contributed by atoms with Gasteiger partial charge in [-0.2, -0.15) is 0 Å². The summed E-state index contributed by atoms with van der Waals surface area (Å²) in [6, 6.07) is 0. The van der Waals surface area contributed by atoms with E-state index in [1.807, 2.05) is 20.8 Å². The second kappa shape index (κ2) is 4.15. The van der Waals surface area contributed by atoms with Gasteiger partial charge in [0.05, 0.1) is 13.3 Å². The highest BCUT2D eigenvalue weighted by Crippen LogP contribution is 2.32. The maximum absolute atomic E-state index is 11.5. The number of carbonyl (C=O) groups excluding carboxylic acids is 2. The van der Waals surface area contributed by atoms with Crippen LogP contribution < -0.4 is 0 Å². The molecule has 0 radical (unpaired) electrons. The largest absolute Gasteiger partial charge is 0.464 e. The molecule has 0 aliphatic carbocycles. The minimum atomic E-state index is -0.531. The first-order chi connectivity index (χ1) is 7.27. The molecule has 5 nitrogen and oxygen atoms in total. The molecule has 5 heteroatoms. The molecule has 1 unspecified atom stereocenters. The van der Waals surface area contributed by atoms with Gasteiger partial charge in [0.1, 0.15) is 0 Å². The van der Waals surface area contributed by atoms with Crippen molar-refractivity contribution in [2.45, 2.75) is 33.9 Å². The number of methoxy groups -OCH3 is 1. The zero-order valence-corrected chi connectivity index (χ0v) is 10.2. The van der Waals surface area contributed by atoms with Crippen LogP contribution in [-0.4, -0.2) is 30.1 Å². The number of nitrogens with zero attached hydrogens (tertiary/aromatic N) is 1. The van der Waals surface area contributed by atoms with Gasteiger partial charge in [0.2, 0.25) is 0 Å². The van der Waals surface area contributed by atoms with Crippen LogP contribution in [0.2, 0.25) is 0 Å². The normalized spacial score (nSPS) is 20.2. The Morgan fingerprint density at radius 3 is 2.38 bits per heavy atom. The van der Waals surface area contributed by atoms with Crippen molar-refractivity contribution in [3.05, 3.63) is 12.0 Å². The Labute approximate surface area is 95.0 Å². The van der Waals surface area contributed by atoms with Gasteiger partial charge in [-0.25, -0.2) is 9.69 Å². The minimum absolute atomic E-state index is 0.185. The van der Waals surface area contributed by atoms with Crippen LogP contribution in [0.3, 0.4) is 0 Å². The summed E-state index contributed by atoms with van der Waals surface area (Å²) in [6.07, 6.45) is 0.347. The summed E-state index contributed by atoms with van der Waals surface area (Å²) < 4.78 is 10.1. The maximum Gasteiger partial charge on any atom is 0.416 e. The molecule has 90 valence electrons. The van der Waals surface area contributed by atoms with Gasteiger partial charge >= 0.3 is 6.09 Å². The molecular weight excluding hydrogens is 210 g/mol. The third-order valence-corrected chi connectivity index (χ3v) is 2.22. The van der Waals surface area contributed by atoms with Crippen LogP contribution in [0.1, 0.15) is 27.7 Å². The summed E-state index contributed by atoms with van der Waals surface area (Å²) in [7, 11) is 1.29. The third kappa shape index (κ3) is 2.35. The molecule has 0 bridgehead atoms. The molecule has 0 N–H and O–H groups in total. The van der Waals surface area contributed by atoms with Crippen molar-refractivity contribution < 1.29 is 19.1 Å². The second-order valence-corrected chi connectivity index (χ2v) is 4.76. The van der Waals surface area contributed by atoms with Crippen molar-refractivity contribution in [2.24, 2.45) is 5.41 Å². The Hall–Kier alpha value is -1.52. The van der Waals surface area contributed by atoms with Crippen molar-refractivity contribution in [1.82, 2.24) is 4.90 Å². The fourth-order valence-corrected chi connectivity index (χ4v) is 1.42. The van der Waals surface area contributed by atoms with E-state index in [1.165, 1.54) is 25.1 Å². The molecule has 1 aliphatic heterocycles. The van der Waals surface area contributed by atoms with Crippen molar-refractivity contribution in [3.63, 3.8) is 0 Å². The van der Waals surface area contributed by atoms with Crippen molar-refractivity contribution in [2.75, 3.05) is 7.11 Å². The molecule has 0 saturated heterocycles. The first-order valence-electron chi connectivity index (χ1n) is 5.03. The maximum atomic E-state index is 11.5. The van der Waals surface area contributed by atoms with Crippen LogP contribution in [0.4, 0.5) is 4.79 Å². The summed E-state index contributed by atoms with van der Waals surface area (Å²) >= 11 is 0. The fourth-order valence-electron chi connectivity index (χ4n) is 1.42. The number of hydrogen-bond donors (Lipinski definition) is 0. The highest BCUT2D eigenvalue weighted by Gasteiger charge is 2.40. The molecule has 0 spiro atoms. The molecule has 0 aromatic heterocycles. The van der Waals surface area contributed by atoms with Gasteiger partial charge < -0.3 is 9.47 Å². The number of ketones is 1. The molecule has 1 rings (SSSR count). The van der Waals surface area contributed by atoms with Crippen LogP contribution >= 0.6 is 0 Å². The summed E-state index contributed by atoms with van der Waals surface area (Å²) in [4.78, 5) is 24.0. The van der Waals surface area contributed by atoms with E-state index < -0.39 is 12.3 Å². The van der Waals surface area contributed by atoms with Crippen molar-refractivity contribution >= 4 is 11.9 Å². The van der Waals surface area contributed by atoms with E-state index in [-0.39, 0.29) is 17.0 Å². The number of carbonyl (C=O) groups is 2.